The number of H-pyrrole nitrogens is 2. The van der Waals surface area contributed by atoms with Gasteiger partial charge in [0.1, 0.15) is 0 Å². The van der Waals surface area contributed by atoms with Gasteiger partial charge in [0, 0.05) is 117 Å². The van der Waals surface area contributed by atoms with Gasteiger partial charge in [0.05, 0.1) is 22.8 Å². The van der Waals surface area contributed by atoms with Crippen LogP contribution in [0.5, 0.6) is 0 Å². The van der Waals surface area contributed by atoms with E-state index in [1.54, 1.807) is 0 Å². The van der Waals surface area contributed by atoms with E-state index in [-0.39, 0.29) is 23.6 Å². The van der Waals surface area contributed by atoms with Crippen molar-refractivity contribution < 1.29 is 24.0 Å². The van der Waals surface area contributed by atoms with E-state index in [9.17, 15) is 24.0 Å². The van der Waals surface area contributed by atoms with E-state index in [0.717, 1.165) is 151 Å². The molecule has 4 amide bonds. The molecule has 5 heterocycles. The average Bonchev–Trinajstić information content (AvgIpc) is 1.69. The number of benzene rings is 4. The number of carbonyl (C=O) groups excluding carboxylic acids is 5. The van der Waals surface area contributed by atoms with E-state index in [1.165, 1.54) is 0 Å². The van der Waals surface area contributed by atoms with Gasteiger partial charge >= 0.3 is 0 Å². The van der Waals surface area contributed by atoms with Crippen molar-refractivity contribution in [3.8, 4) is 44.5 Å². The van der Waals surface area contributed by atoms with E-state index in [2.05, 4.69) is 58.9 Å². The number of hydrogen-bond donors (Lipinski definition) is 6. The van der Waals surface area contributed by atoms with Crippen molar-refractivity contribution in [3.63, 3.8) is 0 Å². The van der Waals surface area contributed by atoms with Gasteiger partial charge in [-0.05, 0) is 118 Å². The third-order valence-corrected chi connectivity index (χ3v) is 20.8. The van der Waals surface area contributed by atoms with E-state index in [1.807, 2.05) is 140 Å². The highest BCUT2D eigenvalue weighted by molar-refractivity contribution is 6.20. The Hall–Kier alpha value is -8.97. The highest BCUT2D eigenvalue weighted by atomic mass is 16.2. The van der Waals surface area contributed by atoms with Crippen molar-refractivity contribution >= 4 is 98.5 Å². The molecular formula is C77H82N8O5. The molecule has 460 valence electrons. The van der Waals surface area contributed by atoms with Crippen LogP contribution in [0.3, 0.4) is 0 Å². The zero-order valence-electron chi connectivity index (χ0n) is 52.4. The molecule has 7 aromatic rings. The number of aldehydes is 1. The van der Waals surface area contributed by atoms with Crippen LogP contribution >= 0.6 is 0 Å². The molecule has 0 saturated heterocycles. The summed E-state index contributed by atoms with van der Waals surface area (Å²) in [6, 6.07) is 39.3. The molecule has 2 aliphatic heterocycles. The van der Waals surface area contributed by atoms with Gasteiger partial charge in [-0.25, -0.2) is 9.97 Å². The Morgan fingerprint density at radius 1 is 0.367 bits per heavy atom. The highest BCUT2D eigenvalue weighted by Crippen LogP contribution is 2.47. The summed E-state index contributed by atoms with van der Waals surface area (Å²) in [5, 5.41) is 13.6. The summed E-state index contributed by atoms with van der Waals surface area (Å²) in [4.78, 5) is 91.7. The maximum atomic E-state index is 14.7. The van der Waals surface area contributed by atoms with Crippen molar-refractivity contribution in [3.05, 3.63) is 144 Å². The van der Waals surface area contributed by atoms with Crippen LogP contribution < -0.4 is 21.3 Å². The number of carbonyl (C=O) groups is 5. The summed E-state index contributed by atoms with van der Waals surface area (Å²) in [5.41, 5.74) is 10.6. The van der Waals surface area contributed by atoms with Crippen LogP contribution in [0.2, 0.25) is 0 Å². The van der Waals surface area contributed by atoms with Gasteiger partial charge < -0.3 is 31.2 Å². The Balaban J connectivity index is 1.12. The Morgan fingerprint density at radius 2 is 0.644 bits per heavy atom. The molecule has 4 aliphatic carbocycles. The van der Waals surface area contributed by atoms with Crippen LogP contribution in [0.25, 0.3) is 90.4 Å². The van der Waals surface area contributed by atoms with Crippen LogP contribution in [0, 0.1) is 21.7 Å². The lowest BCUT2D eigenvalue weighted by Gasteiger charge is -2.32. The van der Waals surface area contributed by atoms with E-state index in [4.69, 9.17) is 9.97 Å². The molecule has 90 heavy (non-hydrogen) atoms. The highest BCUT2D eigenvalue weighted by Gasteiger charge is 2.39. The summed E-state index contributed by atoms with van der Waals surface area (Å²) in [7, 11) is 0. The first-order valence-corrected chi connectivity index (χ1v) is 32.9. The van der Waals surface area contributed by atoms with Crippen molar-refractivity contribution in [2.24, 2.45) is 21.7 Å². The molecule has 8 bridgehead atoms. The van der Waals surface area contributed by atoms with Crippen molar-refractivity contribution in [1.29, 1.82) is 0 Å². The Kier molecular flexibility index (Phi) is 16.5. The topological polar surface area (TPSA) is 191 Å². The molecule has 4 saturated carbocycles. The zero-order valence-corrected chi connectivity index (χ0v) is 52.4. The quantitative estimate of drug-likeness (QED) is 0.0619. The number of aromatic nitrogens is 4. The second-order valence-electron chi connectivity index (χ2n) is 27.3. The maximum absolute atomic E-state index is 14.7. The van der Waals surface area contributed by atoms with E-state index in [0.29, 0.717) is 101 Å². The number of nitrogens with one attached hydrogen (secondary N) is 6. The minimum absolute atomic E-state index is 0.0224. The normalized spacial score (nSPS) is 18.2. The number of anilines is 4. The first kappa shape index (κ1) is 60.0. The van der Waals surface area contributed by atoms with E-state index >= 15 is 0 Å². The van der Waals surface area contributed by atoms with Gasteiger partial charge in [0.15, 0.2) is 6.29 Å². The number of para-hydroxylation sites is 4. The lowest BCUT2D eigenvalue weighted by molar-refractivity contribution is -0.127. The molecule has 13 rings (SSSR count). The third-order valence-electron chi connectivity index (χ3n) is 20.8. The molecule has 3 aromatic heterocycles. The molecule has 6 N–H and O–H groups in total. The Bertz CT molecular complexity index is 4230. The Morgan fingerprint density at radius 3 is 0.956 bits per heavy atom. The summed E-state index contributed by atoms with van der Waals surface area (Å²) >= 11 is 0. The predicted molar refractivity (Wildman–Crippen MR) is 365 cm³/mol. The van der Waals surface area contributed by atoms with Crippen LogP contribution in [-0.4, -0.2) is 49.9 Å². The van der Waals surface area contributed by atoms with Gasteiger partial charge in [-0.3, -0.25) is 24.0 Å². The summed E-state index contributed by atoms with van der Waals surface area (Å²) in [6.07, 6.45) is 25.3. The lowest BCUT2D eigenvalue weighted by Crippen LogP contribution is -2.35. The summed E-state index contributed by atoms with van der Waals surface area (Å²) in [5.74, 6) is -0.157. The monoisotopic (exact) mass is 1200 g/mol. The van der Waals surface area contributed by atoms with Gasteiger partial charge in [0.25, 0.3) is 0 Å². The second-order valence-corrected chi connectivity index (χ2v) is 27.3. The molecule has 0 spiro atoms. The fourth-order valence-electron chi connectivity index (χ4n) is 15.1. The molecule has 13 heteroatoms. The molecule has 13 nitrogen and oxygen atoms in total. The number of allylic oxidation sites excluding steroid dienone is 1. The Labute approximate surface area is 527 Å². The fourth-order valence-corrected chi connectivity index (χ4v) is 15.1. The lowest BCUT2D eigenvalue weighted by atomic mass is 9.75. The molecule has 0 unspecified atom stereocenters. The van der Waals surface area contributed by atoms with Gasteiger partial charge in [-0.2, -0.15) is 0 Å². The first-order valence-electron chi connectivity index (χ1n) is 32.9. The number of aromatic amines is 2. The smallest absolute Gasteiger partial charge is 0.230 e. The van der Waals surface area contributed by atoms with Crippen molar-refractivity contribution in [2.75, 3.05) is 21.3 Å². The number of hydrogen-bond acceptors (Lipinski definition) is 7. The average molecular weight is 1200 g/mol. The number of fused-ring (bicyclic) bond motifs is 8. The number of rotatable bonds is 13. The minimum atomic E-state index is -0.571. The largest absolute Gasteiger partial charge is 0.354 e. The van der Waals surface area contributed by atoms with Gasteiger partial charge in [-0.1, -0.05) is 178 Å². The molecular weight excluding hydrogens is 1120 g/mol. The summed E-state index contributed by atoms with van der Waals surface area (Å²) in [6.45, 7) is 8.27. The second kappa shape index (κ2) is 24.8. The zero-order chi connectivity index (χ0) is 62.2. The maximum Gasteiger partial charge on any atom is 0.230 e. The van der Waals surface area contributed by atoms with Gasteiger partial charge in [-0.15, -0.1) is 0 Å². The van der Waals surface area contributed by atoms with Gasteiger partial charge in [0.2, 0.25) is 23.6 Å². The standard InChI is InChI=1S/C77H82N8O5/c1-74(39-17-5-18-40-74)70(87)82-54-29-13-9-25-50(54)65-58-33-34-59(78-58)66(51-26-10-14-30-55(51)83-71(88)75(2)41-19-6-20-42-75)61-37-38-63(80-61)68(53-28-12-16-32-57(53)85-73(90)77(4)45-23-8-24-46-77)69-49(48-86)47-64(81-69)67(62-36-35-60(65)79-62)52-27-11-15-31-56(52)84-72(89)76(3)43-21-7-22-44-76/h9-16,25-38,47-48,79-80H,5-8,17-24,39-46H2,1-4H3,(H,82,87)(H,83,88)(H,84,89)(H,85,90). The van der Waals surface area contributed by atoms with Crippen LogP contribution in [0.4, 0.5) is 22.7 Å². The molecule has 4 fully saturated rings. The van der Waals surface area contributed by atoms with Crippen molar-refractivity contribution in [1.82, 2.24) is 19.9 Å². The minimum Gasteiger partial charge on any atom is -0.354 e. The molecule has 0 radical (unpaired) electrons. The molecule has 0 atom stereocenters. The molecule has 6 aliphatic rings. The first-order chi connectivity index (χ1) is 43.6. The SMILES string of the molecule is CC1(C(=O)Nc2ccccc2-c2c3nc(c(-c4ccccc4NC(=O)C4(C)CCCCC4)c4ccc([nH]4)c(-c4ccccc4NC(=O)C4(C)CCCCC4)c4nc(c(-c5ccccc5NC(=O)C5(C)CCCCC5)c5ccc2[nH]5)C=C4C=O)C=C3)CCCCC1. The number of nitrogens with zero attached hydrogens (tertiary/aromatic N) is 2. The fraction of sp³-hybridized carbons (Fsp3) is 0.364. The number of amides is 4. The van der Waals surface area contributed by atoms with Crippen LogP contribution in [-0.2, 0) is 24.0 Å². The third kappa shape index (κ3) is 11.6. The van der Waals surface area contributed by atoms with Crippen molar-refractivity contribution in [2.45, 2.75) is 156 Å². The van der Waals surface area contributed by atoms with Crippen LogP contribution in [0.15, 0.2) is 121 Å². The predicted octanol–water partition coefficient (Wildman–Crippen LogP) is 18.5. The molecule has 4 aromatic carbocycles. The summed E-state index contributed by atoms with van der Waals surface area (Å²) < 4.78 is 0. The van der Waals surface area contributed by atoms with Crippen LogP contribution in [0.1, 0.15) is 179 Å². The van der Waals surface area contributed by atoms with E-state index < -0.39 is 21.7 Å².